The molecule has 0 unspecified atom stereocenters. The van der Waals surface area contributed by atoms with E-state index in [0.29, 0.717) is 13.0 Å². The molecule has 1 aromatic carbocycles. The number of pyridine rings is 2. The lowest BCUT2D eigenvalue weighted by atomic mass is 10.1. The van der Waals surface area contributed by atoms with E-state index in [2.05, 4.69) is 31.2 Å². The van der Waals surface area contributed by atoms with Crippen LogP contribution >= 0.6 is 15.9 Å². The van der Waals surface area contributed by atoms with Gasteiger partial charge in [-0.05, 0) is 41.5 Å². The van der Waals surface area contributed by atoms with Gasteiger partial charge in [-0.2, -0.15) is 0 Å². The van der Waals surface area contributed by atoms with Crippen LogP contribution in [0, 0.1) is 0 Å². The Hall–Kier alpha value is -2.53. The van der Waals surface area contributed by atoms with Crippen LogP contribution in [-0.2, 0) is 17.8 Å². The van der Waals surface area contributed by atoms with Crippen molar-refractivity contribution >= 4 is 21.8 Å². The molecule has 5 heteroatoms. The van der Waals surface area contributed by atoms with Crippen LogP contribution in [0.2, 0.25) is 0 Å². The Kier molecular flexibility index (Phi) is 5.33. The molecule has 0 aliphatic carbocycles. The molecule has 0 atom stereocenters. The number of carbonyl (C=O) groups is 1. The summed E-state index contributed by atoms with van der Waals surface area (Å²) in [5.41, 5.74) is 3.73. The summed E-state index contributed by atoms with van der Waals surface area (Å²) < 4.78 is 1.00. The number of halogens is 1. The molecule has 0 saturated carbocycles. The van der Waals surface area contributed by atoms with Gasteiger partial charge in [0.25, 0.3) is 0 Å². The summed E-state index contributed by atoms with van der Waals surface area (Å²) in [5, 5.41) is 2.96. The zero-order valence-electron chi connectivity index (χ0n) is 12.9. The highest BCUT2D eigenvalue weighted by molar-refractivity contribution is 9.10. The van der Waals surface area contributed by atoms with Crippen molar-refractivity contribution in [2.24, 2.45) is 0 Å². The molecular formula is C19H16BrN3O. The van der Waals surface area contributed by atoms with E-state index in [4.69, 9.17) is 0 Å². The maximum Gasteiger partial charge on any atom is 0.224 e. The second-order valence-corrected chi connectivity index (χ2v) is 6.25. The Bertz CT molecular complexity index is 820. The lowest BCUT2D eigenvalue weighted by Crippen LogP contribution is -2.24. The largest absolute Gasteiger partial charge is 0.352 e. The molecule has 2 aromatic heterocycles. The van der Waals surface area contributed by atoms with Crippen LogP contribution < -0.4 is 5.32 Å². The van der Waals surface area contributed by atoms with Gasteiger partial charge >= 0.3 is 0 Å². The minimum Gasteiger partial charge on any atom is -0.352 e. The fourth-order valence-corrected chi connectivity index (χ4v) is 2.65. The van der Waals surface area contributed by atoms with E-state index in [1.165, 1.54) is 0 Å². The van der Waals surface area contributed by atoms with E-state index in [1.807, 2.05) is 48.5 Å². The quantitative estimate of drug-likeness (QED) is 0.731. The normalized spacial score (nSPS) is 10.4. The lowest BCUT2D eigenvalue weighted by molar-refractivity contribution is -0.120. The van der Waals surface area contributed by atoms with Gasteiger partial charge < -0.3 is 5.32 Å². The Labute approximate surface area is 149 Å². The Morgan fingerprint density at radius 2 is 1.83 bits per heavy atom. The van der Waals surface area contributed by atoms with Crippen molar-refractivity contribution < 1.29 is 4.79 Å². The van der Waals surface area contributed by atoms with Gasteiger partial charge in [0.2, 0.25) is 5.91 Å². The molecule has 1 amide bonds. The summed E-state index contributed by atoms with van der Waals surface area (Å²) in [4.78, 5) is 20.7. The van der Waals surface area contributed by atoms with Crippen molar-refractivity contribution in [1.29, 1.82) is 0 Å². The Morgan fingerprint density at radius 1 is 1.04 bits per heavy atom. The molecule has 1 N–H and O–H groups in total. The fourth-order valence-electron chi connectivity index (χ4n) is 2.39. The zero-order chi connectivity index (χ0) is 16.8. The van der Waals surface area contributed by atoms with Crippen molar-refractivity contribution in [3.63, 3.8) is 0 Å². The average Bonchev–Trinajstić information content (AvgIpc) is 2.63. The SMILES string of the molecule is O=C(Cc1ccc(Br)cc1)NCc1cccnc1-c1cccnc1. The fraction of sp³-hybridized carbons (Fsp3) is 0.105. The Balaban J connectivity index is 1.66. The second kappa shape index (κ2) is 7.84. The van der Waals surface area contributed by atoms with Crippen molar-refractivity contribution in [3.05, 3.63) is 82.7 Å². The molecule has 0 spiro atoms. The van der Waals surface area contributed by atoms with E-state index in [1.54, 1.807) is 18.6 Å². The second-order valence-electron chi connectivity index (χ2n) is 5.33. The highest BCUT2D eigenvalue weighted by Crippen LogP contribution is 2.19. The molecule has 2 heterocycles. The first kappa shape index (κ1) is 16.3. The molecule has 4 nitrogen and oxygen atoms in total. The molecule has 0 aliphatic heterocycles. The zero-order valence-corrected chi connectivity index (χ0v) is 14.5. The van der Waals surface area contributed by atoms with Crippen molar-refractivity contribution in [2.45, 2.75) is 13.0 Å². The maximum absolute atomic E-state index is 12.2. The van der Waals surface area contributed by atoms with Crippen LogP contribution in [0.3, 0.4) is 0 Å². The third-order valence-corrected chi connectivity index (χ3v) is 4.11. The van der Waals surface area contributed by atoms with Crippen LogP contribution in [0.25, 0.3) is 11.3 Å². The molecule has 0 radical (unpaired) electrons. The lowest BCUT2D eigenvalue weighted by Gasteiger charge is -2.10. The van der Waals surface area contributed by atoms with Crippen LogP contribution in [0.15, 0.2) is 71.6 Å². The third kappa shape index (κ3) is 4.26. The van der Waals surface area contributed by atoms with E-state index in [-0.39, 0.29) is 5.91 Å². The molecule has 0 aliphatic rings. The molecule has 120 valence electrons. The van der Waals surface area contributed by atoms with Gasteiger partial charge in [0.15, 0.2) is 0 Å². The summed E-state index contributed by atoms with van der Waals surface area (Å²) in [6, 6.07) is 15.4. The van der Waals surface area contributed by atoms with E-state index in [9.17, 15) is 4.79 Å². The number of benzene rings is 1. The number of hydrogen-bond acceptors (Lipinski definition) is 3. The first-order valence-corrected chi connectivity index (χ1v) is 8.37. The number of amides is 1. The summed E-state index contributed by atoms with van der Waals surface area (Å²) in [6.45, 7) is 0.438. The highest BCUT2D eigenvalue weighted by atomic mass is 79.9. The molecule has 3 aromatic rings. The van der Waals surface area contributed by atoms with E-state index in [0.717, 1.165) is 26.9 Å². The summed E-state index contributed by atoms with van der Waals surface area (Å²) in [6.07, 6.45) is 5.60. The number of rotatable bonds is 5. The van der Waals surface area contributed by atoms with E-state index < -0.39 is 0 Å². The summed E-state index contributed by atoms with van der Waals surface area (Å²) in [7, 11) is 0. The third-order valence-electron chi connectivity index (χ3n) is 3.58. The van der Waals surface area contributed by atoms with Crippen LogP contribution in [-0.4, -0.2) is 15.9 Å². The number of nitrogens with zero attached hydrogens (tertiary/aromatic N) is 2. The number of hydrogen-bond donors (Lipinski definition) is 1. The number of aromatic nitrogens is 2. The van der Waals surface area contributed by atoms with Gasteiger partial charge in [-0.1, -0.05) is 34.1 Å². The molecular weight excluding hydrogens is 366 g/mol. The van der Waals surface area contributed by atoms with Crippen molar-refractivity contribution in [2.75, 3.05) is 0 Å². The van der Waals surface area contributed by atoms with Crippen LogP contribution in [0.5, 0.6) is 0 Å². The molecule has 0 fully saturated rings. The molecule has 0 bridgehead atoms. The molecule has 3 rings (SSSR count). The summed E-state index contributed by atoms with van der Waals surface area (Å²) >= 11 is 3.39. The van der Waals surface area contributed by atoms with Gasteiger partial charge in [0.05, 0.1) is 12.1 Å². The van der Waals surface area contributed by atoms with Gasteiger partial charge in [-0.25, -0.2) is 0 Å². The van der Waals surface area contributed by atoms with Crippen LogP contribution in [0.4, 0.5) is 0 Å². The minimum atomic E-state index is -0.0155. The molecule has 0 saturated heterocycles. The topological polar surface area (TPSA) is 54.9 Å². The maximum atomic E-state index is 12.2. The molecule has 24 heavy (non-hydrogen) atoms. The predicted molar refractivity (Wildman–Crippen MR) is 97.2 cm³/mol. The minimum absolute atomic E-state index is 0.0155. The van der Waals surface area contributed by atoms with Crippen molar-refractivity contribution in [1.82, 2.24) is 15.3 Å². The predicted octanol–water partition coefficient (Wildman–Crippen LogP) is 3.77. The van der Waals surface area contributed by atoms with Crippen LogP contribution in [0.1, 0.15) is 11.1 Å². The standard InChI is InChI=1S/C19H16BrN3O/c20-17-7-5-14(6-8-17)11-18(24)23-13-16-4-2-10-22-19(16)15-3-1-9-21-12-15/h1-10,12H,11,13H2,(H,23,24). The van der Waals surface area contributed by atoms with E-state index >= 15 is 0 Å². The summed E-state index contributed by atoms with van der Waals surface area (Å²) in [5.74, 6) is -0.0155. The smallest absolute Gasteiger partial charge is 0.224 e. The first-order valence-electron chi connectivity index (χ1n) is 7.58. The monoisotopic (exact) mass is 381 g/mol. The van der Waals surface area contributed by atoms with Gasteiger partial charge in [0, 0.05) is 35.2 Å². The van der Waals surface area contributed by atoms with Crippen molar-refractivity contribution in [3.8, 4) is 11.3 Å². The van der Waals surface area contributed by atoms with Gasteiger partial charge in [-0.3, -0.25) is 14.8 Å². The Morgan fingerprint density at radius 3 is 2.58 bits per heavy atom. The van der Waals surface area contributed by atoms with Gasteiger partial charge in [-0.15, -0.1) is 0 Å². The first-order chi connectivity index (χ1) is 11.7. The van der Waals surface area contributed by atoms with Gasteiger partial charge in [0.1, 0.15) is 0 Å². The number of carbonyl (C=O) groups excluding carboxylic acids is 1. The number of nitrogens with one attached hydrogen (secondary N) is 1. The average molecular weight is 382 g/mol. The highest BCUT2D eigenvalue weighted by Gasteiger charge is 2.08.